The highest BCUT2D eigenvalue weighted by Gasteiger charge is 2.11. The van der Waals surface area contributed by atoms with Crippen LogP contribution in [0.15, 0.2) is 39.7 Å². The van der Waals surface area contributed by atoms with Crippen molar-refractivity contribution in [3.63, 3.8) is 0 Å². The van der Waals surface area contributed by atoms with Crippen molar-refractivity contribution in [3.8, 4) is 5.75 Å². The maximum absolute atomic E-state index is 11.8. The molecule has 5 nitrogen and oxygen atoms in total. The third-order valence-electron chi connectivity index (χ3n) is 2.30. The highest BCUT2D eigenvalue weighted by Crippen LogP contribution is 2.20. The lowest BCUT2D eigenvalue weighted by Crippen LogP contribution is -2.16. The van der Waals surface area contributed by atoms with Gasteiger partial charge in [-0.3, -0.25) is 4.79 Å². The van der Waals surface area contributed by atoms with Gasteiger partial charge < -0.3 is 10.4 Å². The minimum Gasteiger partial charge on any atom is -0.508 e. The van der Waals surface area contributed by atoms with Gasteiger partial charge in [0.05, 0.1) is 12.6 Å². The summed E-state index contributed by atoms with van der Waals surface area (Å²) in [4.78, 5) is 19.9. The molecule has 2 aromatic rings. The lowest BCUT2D eigenvalue weighted by atomic mass is 10.1. The summed E-state index contributed by atoms with van der Waals surface area (Å²) >= 11 is 6.38. The number of carbonyl (C=O) groups is 1. The molecule has 0 spiro atoms. The second-order valence-electron chi connectivity index (χ2n) is 3.69. The van der Waals surface area contributed by atoms with Gasteiger partial charge in [-0.15, -0.1) is 0 Å². The standard InChI is InChI=1S/C12H9Br2N3O2/c13-9-6-15-12(11(14)16-9)17-10(19)5-7-3-1-2-4-8(7)18/h1-4,6,18H,5H2,(H,15,17,19). The largest absolute Gasteiger partial charge is 0.508 e. The number of hydrogen-bond acceptors (Lipinski definition) is 4. The van der Waals surface area contributed by atoms with E-state index in [0.717, 1.165) is 0 Å². The van der Waals surface area contributed by atoms with E-state index >= 15 is 0 Å². The van der Waals surface area contributed by atoms with E-state index in [4.69, 9.17) is 0 Å². The van der Waals surface area contributed by atoms with E-state index < -0.39 is 0 Å². The van der Waals surface area contributed by atoms with Crippen LogP contribution >= 0.6 is 31.9 Å². The van der Waals surface area contributed by atoms with Gasteiger partial charge in [0.1, 0.15) is 15.0 Å². The number of anilines is 1. The van der Waals surface area contributed by atoms with Crippen LogP contribution in [0.2, 0.25) is 0 Å². The van der Waals surface area contributed by atoms with Crippen LogP contribution in [0.5, 0.6) is 5.75 Å². The summed E-state index contributed by atoms with van der Waals surface area (Å²) in [5, 5.41) is 12.2. The van der Waals surface area contributed by atoms with Crippen molar-refractivity contribution in [3.05, 3.63) is 45.2 Å². The Morgan fingerprint density at radius 1 is 1.32 bits per heavy atom. The fraction of sp³-hybridized carbons (Fsp3) is 0.0833. The molecular weight excluding hydrogens is 378 g/mol. The maximum Gasteiger partial charge on any atom is 0.230 e. The Morgan fingerprint density at radius 3 is 2.74 bits per heavy atom. The number of aromatic nitrogens is 2. The summed E-state index contributed by atoms with van der Waals surface area (Å²) < 4.78 is 1.01. The van der Waals surface area contributed by atoms with Crippen LogP contribution in [0.25, 0.3) is 0 Å². The molecule has 0 radical (unpaired) electrons. The predicted molar refractivity (Wildman–Crippen MR) is 77.9 cm³/mol. The zero-order valence-corrected chi connectivity index (χ0v) is 12.8. The highest BCUT2D eigenvalue weighted by molar-refractivity contribution is 9.11. The highest BCUT2D eigenvalue weighted by atomic mass is 79.9. The van der Waals surface area contributed by atoms with Gasteiger partial charge in [0.2, 0.25) is 5.91 Å². The van der Waals surface area contributed by atoms with Gasteiger partial charge >= 0.3 is 0 Å². The normalized spacial score (nSPS) is 10.2. The number of benzene rings is 1. The lowest BCUT2D eigenvalue weighted by Gasteiger charge is -2.07. The molecule has 19 heavy (non-hydrogen) atoms. The predicted octanol–water partition coefficient (Wildman–Crippen LogP) is 2.89. The number of amides is 1. The summed E-state index contributed by atoms with van der Waals surface area (Å²) in [7, 11) is 0. The molecule has 7 heteroatoms. The molecule has 2 rings (SSSR count). The zero-order valence-electron chi connectivity index (χ0n) is 9.60. The first kappa shape index (κ1) is 14.0. The molecular formula is C12H9Br2N3O2. The Balaban J connectivity index is 2.08. The molecule has 1 heterocycles. The molecule has 0 saturated carbocycles. The first-order valence-electron chi connectivity index (χ1n) is 5.31. The van der Waals surface area contributed by atoms with Crippen LogP contribution in [-0.2, 0) is 11.2 Å². The van der Waals surface area contributed by atoms with Crippen molar-refractivity contribution < 1.29 is 9.90 Å². The average molecular weight is 387 g/mol. The van der Waals surface area contributed by atoms with Gasteiger partial charge in [-0.2, -0.15) is 0 Å². The molecule has 0 unspecified atom stereocenters. The lowest BCUT2D eigenvalue weighted by molar-refractivity contribution is -0.115. The van der Waals surface area contributed by atoms with Crippen LogP contribution < -0.4 is 5.32 Å². The minimum absolute atomic E-state index is 0.0663. The van der Waals surface area contributed by atoms with E-state index in [2.05, 4.69) is 47.1 Å². The Morgan fingerprint density at radius 2 is 2.05 bits per heavy atom. The van der Waals surface area contributed by atoms with Crippen molar-refractivity contribution in [1.82, 2.24) is 9.97 Å². The summed E-state index contributed by atoms with van der Waals surface area (Å²) in [6.07, 6.45) is 1.55. The number of phenols is 1. The molecule has 98 valence electrons. The van der Waals surface area contributed by atoms with E-state index in [1.54, 1.807) is 18.2 Å². The number of halogens is 2. The summed E-state index contributed by atoms with van der Waals surface area (Å²) in [5.41, 5.74) is 0.557. The van der Waals surface area contributed by atoms with Crippen LogP contribution in [0.4, 0.5) is 5.82 Å². The van der Waals surface area contributed by atoms with Crippen molar-refractivity contribution in [2.24, 2.45) is 0 Å². The molecule has 0 aliphatic carbocycles. The van der Waals surface area contributed by atoms with E-state index in [-0.39, 0.29) is 18.1 Å². The second-order valence-corrected chi connectivity index (χ2v) is 5.25. The molecule has 0 atom stereocenters. The number of rotatable bonds is 3. The minimum atomic E-state index is -0.279. The van der Waals surface area contributed by atoms with E-state index in [9.17, 15) is 9.90 Å². The first-order valence-corrected chi connectivity index (χ1v) is 6.89. The van der Waals surface area contributed by atoms with Crippen molar-refractivity contribution in [2.75, 3.05) is 5.32 Å². The molecule has 0 aliphatic rings. The average Bonchev–Trinajstić information content (AvgIpc) is 2.36. The van der Waals surface area contributed by atoms with Gasteiger partial charge in [-0.25, -0.2) is 9.97 Å². The van der Waals surface area contributed by atoms with Gasteiger partial charge in [-0.05, 0) is 37.9 Å². The van der Waals surface area contributed by atoms with E-state index in [0.29, 0.717) is 20.6 Å². The summed E-state index contributed by atoms with van der Waals surface area (Å²) in [6, 6.07) is 6.69. The maximum atomic E-state index is 11.8. The molecule has 0 bridgehead atoms. The topological polar surface area (TPSA) is 75.1 Å². The third kappa shape index (κ3) is 3.74. The number of phenolic OH excluding ortho intramolecular Hbond substituents is 1. The second kappa shape index (κ2) is 6.12. The zero-order chi connectivity index (χ0) is 13.8. The molecule has 2 N–H and O–H groups in total. The number of nitrogens with one attached hydrogen (secondary N) is 1. The number of hydrogen-bond donors (Lipinski definition) is 2. The molecule has 1 aromatic heterocycles. The Labute approximate surface area is 126 Å². The van der Waals surface area contributed by atoms with E-state index in [1.807, 2.05) is 0 Å². The first-order chi connectivity index (χ1) is 9.06. The van der Waals surface area contributed by atoms with Crippen LogP contribution in [0.1, 0.15) is 5.56 Å². The Kier molecular flexibility index (Phi) is 4.49. The Hall–Kier alpha value is -1.47. The third-order valence-corrected chi connectivity index (χ3v) is 3.24. The number of para-hydroxylation sites is 1. The number of nitrogens with zero attached hydrogens (tertiary/aromatic N) is 2. The smallest absolute Gasteiger partial charge is 0.230 e. The summed E-state index contributed by atoms with van der Waals surface area (Å²) in [6.45, 7) is 0. The molecule has 1 aromatic carbocycles. The molecule has 0 fully saturated rings. The van der Waals surface area contributed by atoms with Crippen molar-refractivity contribution >= 4 is 43.6 Å². The Bertz CT molecular complexity index is 620. The monoisotopic (exact) mass is 385 g/mol. The van der Waals surface area contributed by atoms with Crippen LogP contribution in [-0.4, -0.2) is 21.0 Å². The van der Waals surface area contributed by atoms with Gasteiger partial charge in [0, 0.05) is 5.56 Å². The van der Waals surface area contributed by atoms with Crippen LogP contribution in [0.3, 0.4) is 0 Å². The number of aromatic hydroxyl groups is 1. The molecule has 0 saturated heterocycles. The van der Waals surface area contributed by atoms with Gasteiger partial charge in [0.25, 0.3) is 0 Å². The fourth-order valence-electron chi connectivity index (χ4n) is 1.44. The van der Waals surface area contributed by atoms with Crippen molar-refractivity contribution in [1.29, 1.82) is 0 Å². The van der Waals surface area contributed by atoms with Gasteiger partial charge in [-0.1, -0.05) is 18.2 Å². The van der Waals surface area contributed by atoms with Crippen molar-refractivity contribution in [2.45, 2.75) is 6.42 Å². The number of carbonyl (C=O) groups excluding carboxylic acids is 1. The van der Waals surface area contributed by atoms with Gasteiger partial charge in [0.15, 0.2) is 5.82 Å². The molecule has 1 amide bonds. The molecule has 0 aliphatic heterocycles. The quantitative estimate of drug-likeness (QED) is 0.850. The fourth-order valence-corrected chi connectivity index (χ4v) is 2.35. The summed E-state index contributed by atoms with van der Waals surface area (Å²) in [5.74, 6) is 0.154. The SMILES string of the molecule is O=C(Cc1ccccc1O)Nc1ncc(Br)nc1Br. The van der Waals surface area contributed by atoms with Crippen LogP contribution in [0, 0.1) is 0 Å². The van der Waals surface area contributed by atoms with E-state index in [1.165, 1.54) is 12.3 Å².